The summed E-state index contributed by atoms with van der Waals surface area (Å²) in [5.41, 5.74) is 0. The Kier molecular flexibility index (Phi) is 1.87. The predicted octanol–water partition coefficient (Wildman–Crippen LogP) is -0.658. The van der Waals surface area contributed by atoms with Gasteiger partial charge in [-0.2, -0.15) is 13.5 Å². The van der Waals surface area contributed by atoms with Crippen LogP contribution in [-0.4, -0.2) is 30.0 Å². The van der Waals surface area contributed by atoms with Gasteiger partial charge in [0.25, 0.3) is 0 Å². The summed E-state index contributed by atoms with van der Waals surface area (Å²) in [6, 6.07) is -0.288. The first-order valence-corrected chi connectivity index (χ1v) is 4.26. The zero-order valence-corrected chi connectivity index (χ0v) is 6.54. The number of hydrogen-bond acceptors (Lipinski definition) is 4. The number of hydrogen-bond donors (Lipinski definition) is 1. The Morgan fingerprint density at radius 3 is 2.45 bits per heavy atom. The van der Waals surface area contributed by atoms with Crippen LogP contribution in [-0.2, 0) is 19.5 Å². The first-order chi connectivity index (χ1) is 4.90. The first-order valence-electron chi connectivity index (χ1n) is 2.89. The predicted molar refractivity (Wildman–Crippen MR) is 33.6 cm³/mol. The van der Waals surface area contributed by atoms with E-state index in [2.05, 4.69) is 4.28 Å². The second kappa shape index (κ2) is 2.43. The number of carbonyl (C=O) groups is 1. The standard InChI is InChI=1S/C4H7NO5S/c1-3-2-4(6)5(3)10-11(7,8)9/h3H,2H2,1H3,(H,7,8,9). The molecular formula is C4H7NO5S. The van der Waals surface area contributed by atoms with E-state index in [9.17, 15) is 13.2 Å². The van der Waals surface area contributed by atoms with Crippen LogP contribution in [0.4, 0.5) is 0 Å². The monoisotopic (exact) mass is 181 g/mol. The van der Waals surface area contributed by atoms with Gasteiger partial charge in [-0.3, -0.25) is 9.35 Å². The average Bonchev–Trinajstić information content (AvgIpc) is 1.83. The number of rotatable bonds is 2. The second-order valence-electron chi connectivity index (χ2n) is 2.27. The fourth-order valence-corrected chi connectivity index (χ4v) is 1.21. The first kappa shape index (κ1) is 8.44. The molecule has 7 heteroatoms. The van der Waals surface area contributed by atoms with Crippen molar-refractivity contribution in [2.75, 3.05) is 0 Å². The number of carbonyl (C=O) groups excluding carboxylic acids is 1. The zero-order chi connectivity index (χ0) is 8.65. The molecule has 0 saturated carbocycles. The summed E-state index contributed by atoms with van der Waals surface area (Å²) in [5.74, 6) is -0.449. The third kappa shape index (κ3) is 1.88. The number of β-lactam (4-membered cyclic amide) rings is 1. The highest BCUT2D eigenvalue weighted by Crippen LogP contribution is 2.19. The van der Waals surface area contributed by atoms with Gasteiger partial charge in [-0.1, -0.05) is 0 Å². The summed E-state index contributed by atoms with van der Waals surface area (Å²) >= 11 is 0. The lowest BCUT2D eigenvalue weighted by Gasteiger charge is -2.34. The van der Waals surface area contributed by atoms with Gasteiger partial charge in [0, 0.05) is 0 Å². The van der Waals surface area contributed by atoms with Crippen LogP contribution in [0.5, 0.6) is 0 Å². The maximum Gasteiger partial charge on any atom is 0.418 e. The molecule has 6 nitrogen and oxygen atoms in total. The summed E-state index contributed by atoms with van der Waals surface area (Å²) in [4.78, 5) is 10.5. The summed E-state index contributed by atoms with van der Waals surface area (Å²) in [6.45, 7) is 1.60. The summed E-state index contributed by atoms with van der Waals surface area (Å²) in [5, 5.41) is 0.620. The molecule has 1 saturated heterocycles. The van der Waals surface area contributed by atoms with E-state index in [4.69, 9.17) is 4.55 Å². The summed E-state index contributed by atoms with van der Waals surface area (Å²) < 4.78 is 32.2. The molecule has 1 fully saturated rings. The quantitative estimate of drug-likeness (QED) is 0.451. The molecule has 1 aliphatic rings. The van der Waals surface area contributed by atoms with Gasteiger partial charge >= 0.3 is 10.4 Å². The minimum atomic E-state index is -4.54. The fourth-order valence-electron chi connectivity index (χ4n) is 0.775. The van der Waals surface area contributed by atoms with E-state index in [1.54, 1.807) is 6.92 Å². The molecular weight excluding hydrogens is 174 g/mol. The third-order valence-corrected chi connectivity index (χ3v) is 1.64. The smallest absolute Gasteiger partial charge is 0.272 e. The average molecular weight is 181 g/mol. The lowest BCUT2D eigenvalue weighted by atomic mass is 10.1. The van der Waals surface area contributed by atoms with Crippen molar-refractivity contribution in [3.63, 3.8) is 0 Å². The molecule has 1 atom stereocenters. The molecule has 1 amide bonds. The van der Waals surface area contributed by atoms with Gasteiger partial charge in [0.15, 0.2) is 0 Å². The minimum absolute atomic E-state index is 0.246. The molecule has 0 aromatic carbocycles. The molecule has 1 unspecified atom stereocenters. The Labute approximate surface area is 63.7 Å². The normalized spacial score (nSPS) is 25.1. The molecule has 1 N–H and O–H groups in total. The molecule has 0 aliphatic carbocycles. The molecule has 0 bridgehead atoms. The lowest BCUT2D eigenvalue weighted by molar-refractivity contribution is -0.188. The number of amides is 1. The van der Waals surface area contributed by atoms with Crippen molar-refractivity contribution in [1.82, 2.24) is 5.06 Å². The minimum Gasteiger partial charge on any atom is -0.272 e. The van der Waals surface area contributed by atoms with Gasteiger partial charge in [0.05, 0.1) is 12.5 Å². The van der Waals surface area contributed by atoms with E-state index < -0.39 is 16.3 Å². The Morgan fingerprint density at radius 1 is 1.73 bits per heavy atom. The van der Waals surface area contributed by atoms with Crippen molar-refractivity contribution < 1.29 is 22.0 Å². The van der Waals surface area contributed by atoms with Gasteiger partial charge in [-0.15, -0.1) is 4.28 Å². The Bertz CT molecular complexity index is 270. The Hall–Kier alpha value is -0.660. The highest BCUT2D eigenvalue weighted by molar-refractivity contribution is 7.80. The molecule has 1 heterocycles. The Balaban J connectivity index is 2.57. The molecule has 11 heavy (non-hydrogen) atoms. The molecule has 0 aromatic heterocycles. The van der Waals surface area contributed by atoms with Crippen LogP contribution in [0, 0.1) is 0 Å². The Morgan fingerprint density at radius 2 is 2.27 bits per heavy atom. The van der Waals surface area contributed by atoms with Crippen LogP contribution in [0.15, 0.2) is 0 Å². The van der Waals surface area contributed by atoms with E-state index in [0.29, 0.717) is 5.06 Å². The van der Waals surface area contributed by atoms with E-state index in [0.717, 1.165) is 0 Å². The van der Waals surface area contributed by atoms with Gasteiger partial charge in [-0.05, 0) is 6.92 Å². The van der Waals surface area contributed by atoms with Crippen LogP contribution >= 0.6 is 0 Å². The van der Waals surface area contributed by atoms with Crippen molar-refractivity contribution in [2.24, 2.45) is 0 Å². The van der Waals surface area contributed by atoms with Crippen LogP contribution in [0.25, 0.3) is 0 Å². The highest BCUT2D eigenvalue weighted by Gasteiger charge is 2.36. The van der Waals surface area contributed by atoms with E-state index >= 15 is 0 Å². The molecule has 0 aromatic rings. The van der Waals surface area contributed by atoms with Crippen LogP contribution in [0.2, 0.25) is 0 Å². The number of hydroxylamine groups is 2. The molecule has 64 valence electrons. The van der Waals surface area contributed by atoms with E-state index in [1.165, 1.54) is 0 Å². The molecule has 1 rings (SSSR count). The van der Waals surface area contributed by atoms with Crippen molar-refractivity contribution in [2.45, 2.75) is 19.4 Å². The van der Waals surface area contributed by atoms with Gasteiger partial charge in [0.1, 0.15) is 0 Å². The topological polar surface area (TPSA) is 83.9 Å². The maximum atomic E-state index is 10.5. The van der Waals surface area contributed by atoms with Crippen molar-refractivity contribution in [3.8, 4) is 0 Å². The second-order valence-corrected chi connectivity index (χ2v) is 3.28. The van der Waals surface area contributed by atoms with E-state index in [-0.39, 0.29) is 12.5 Å². The highest BCUT2D eigenvalue weighted by atomic mass is 32.3. The van der Waals surface area contributed by atoms with Gasteiger partial charge in [-0.25, -0.2) is 0 Å². The largest absolute Gasteiger partial charge is 0.418 e. The SMILES string of the molecule is CC1CC(=O)N1OS(=O)(=O)O. The lowest BCUT2D eigenvalue weighted by Crippen LogP contribution is -2.51. The third-order valence-electron chi connectivity index (χ3n) is 1.29. The van der Waals surface area contributed by atoms with Crippen LogP contribution in [0.3, 0.4) is 0 Å². The maximum absolute atomic E-state index is 10.5. The van der Waals surface area contributed by atoms with E-state index in [1.807, 2.05) is 0 Å². The molecule has 0 radical (unpaired) electrons. The van der Waals surface area contributed by atoms with Crippen LogP contribution < -0.4 is 0 Å². The summed E-state index contributed by atoms with van der Waals surface area (Å²) in [7, 11) is -4.54. The fraction of sp³-hybridized carbons (Fsp3) is 0.750. The van der Waals surface area contributed by atoms with Crippen LogP contribution in [0.1, 0.15) is 13.3 Å². The zero-order valence-electron chi connectivity index (χ0n) is 5.72. The summed E-state index contributed by atoms with van der Waals surface area (Å²) in [6.07, 6.45) is 0.246. The van der Waals surface area contributed by atoms with Crippen molar-refractivity contribution in [1.29, 1.82) is 0 Å². The van der Waals surface area contributed by atoms with Crippen molar-refractivity contribution in [3.05, 3.63) is 0 Å². The molecule has 0 spiro atoms. The molecule has 1 aliphatic heterocycles. The number of nitrogens with zero attached hydrogens (tertiary/aromatic N) is 1. The van der Waals surface area contributed by atoms with Gasteiger partial charge < -0.3 is 0 Å². The van der Waals surface area contributed by atoms with Crippen molar-refractivity contribution >= 4 is 16.3 Å². The van der Waals surface area contributed by atoms with Gasteiger partial charge in [0.2, 0.25) is 5.91 Å².